The van der Waals surface area contributed by atoms with E-state index in [0.29, 0.717) is 49.3 Å². The van der Waals surface area contributed by atoms with Gasteiger partial charge < -0.3 is 9.80 Å². The lowest BCUT2D eigenvalue weighted by Crippen LogP contribution is -2.49. The van der Waals surface area contributed by atoms with Gasteiger partial charge in [0.2, 0.25) is 11.9 Å². The van der Waals surface area contributed by atoms with Crippen molar-refractivity contribution in [2.45, 2.75) is 6.42 Å². The number of para-hydroxylation sites is 1. The molecule has 1 aliphatic heterocycles. The molecule has 0 saturated carbocycles. The minimum atomic E-state index is -0.293. The lowest BCUT2D eigenvalue weighted by Gasteiger charge is -2.35. The largest absolute Gasteiger partial charge is 0.339 e. The molecule has 2 heterocycles. The Bertz CT molecular complexity index is 965. The average molecular weight is 399 g/mol. The molecule has 1 aromatic heterocycles. The first-order chi connectivity index (χ1) is 13.6. The van der Waals surface area contributed by atoms with E-state index in [2.05, 4.69) is 9.88 Å². The Labute approximate surface area is 168 Å². The fourth-order valence-electron chi connectivity index (χ4n) is 3.41. The third kappa shape index (κ3) is 3.87. The van der Waals surface area contributed by atoms with Gasteiger partial charge in [0, 0.05) is 43.6 Å². The zero-order chi connectivity index (χ0) is 19.5. The molecule has 144 valence electrons. The van der Waals surface area contributed by atoms with Crippen LogP contribution in [0.15, 0.2) is 60.9 Å². The summed E-state index contributed by atoms with van der Waals surface area (Å²) in [4.78, 5) is 20.9. The highest BCUT2D eigenvalue weighted by Gasteiger charge is 2.24. The van der Waals surface area contributed by atoms with Crippen LogP contribution in [-0.4, -0.2) is 46.5 Å². The normalized spacial score (nSPS) is 14.4. The molecular weight excluding hydrogens is 379 g/mol. The number of anilines is 1. The maximum atomic E-state index is 14.2. The van der Waals surface area contributed by atoms with Crippen molar-refractivity contribution in [2.24, 2.45) is 0 Å². The summed E-state index contributed by atoms with van der Waals surface area (Å²) in [5.41, 5.74) is 1.42. The number of carbonyl (C=O) groups is 1. The van der Waals surface area contributed by atoms with Crippen molar-refractivity contribution in [2.75, 3.05) is 31.1 Å². The van der Waals surface area contributed by atoms with Crippen LogP contribution in [0.2, 0.25) is 5.02 Å². The second-order valence-electron chi connectivity index (χ2n) is 6.72. The fraction of sp³-hybridized carbons (Fsp3) is 0.238. The van der Waals surface area contributed by atoms with Gasteiger partial charge in [-0.1, -0.05) is 35.9 Å². The molecule has 4 rings (SSSR count). The van der Waals surface area contributed by atoms with Gasteiger partial charge in [-0.2, -0.15) is 0 Å². The molecule has 0 unspecified atom stereocenters. The van der Waals surface area contributed by atoms with E-state index in [0.717, 1.165) is 5.56 Å². The summed E-state index contributed by atoms with van der Waals surface area (Å²) < 4.78 is 15.9. The number of hydrogen-bond donors (Lipinski definition) is 0. The molecular formula is C21H20ClFN4O. The van der Waals surface area contributed by atoms with E-state index in [1.54, 1.807) is 47.3 Å². The second kappa shape index (κ2) is 8.02. The number of benzene rings is 2. The first-order valence-electron chi connectivity index (χ1n) is 9.17. The highest BCUT2D eigenvalue weighted by atomic mass is 35.5. The van der Waals surface area contributed by atoms with Gasteiger partial charge in [-0.15, -0.1) is 0 Å². The molecule has 1 amide bonds. The Morgan fingerprint density at radius 3 is 2.46 bits per heavy atom. The lowest BCUT2D eigenvalue weighted by molar-refractivity contribution is -0.130. The summed E-state index contributed by atoms with van der Waals surface area (Å²) in [6.45, 7) is 2.52. The van der Waals surface area contributed by atoms with Crippen molar-refractivity contribution in [3.8, 4) is 5.69 Å². The van der Waals surface area contributed by atoms with Crippen LogP contribution in [-0.2, 0) is 11.2 Å². The van der Waals surface area contributed by atoms with E-state index in [1.807, 2.05) is 17.0 Å². The van der Waals surface area contributed by atoms with Gasteiger partial charge in [0.1, 0.15) is 5.82 Å². The topological polar surface area (TPSA) is 41.4 Å². The summed E-state index contributed by atoms with van der Waals surface area (Å²) in [6.07, 6.45) is 3.78. The summed E-state index contributed by atoms with van der Waals surface area (Å²) in [6, 6.07) is 14.0. The van der Waals surface area contributed by atoms with Crippen LogP contribution in [0.1, 0.15) is 5.56 Å². The number of aromatic nitrogens is 2. The molecule has 28 heavy (non-hydrogen) atoms. The highest BCUT2D eigenvalue weighted by molar-refractivity contribution is 6.30. The van der Waals surface area contributed by atoms with Crippen LogP contribution in [0.5, 0.6) is 0 Å². The van der Waals surface area contributed by atoms with E-state index in [9.17, 15) is 9.18 Å². The number of amides is 1. The molecule has 7 heteroatoms. The Morgan fingerprint density at radius 1 is 1.04 bits per heavy atom. The van der Waals surface area contributed by atoms with Crippen molar-refractivity contribution in [1.82, 2.24) is 14.5 Å². The fourth-order valence-corrected chi connectivity index (χ4v) is 3.54. The van der Waals surface area contributed by atoms with E-state index in [-0.39, 0.29) is 11.7 Å². The molecule has 0 N–H and O–H groups in total. The van der Waals surface area contributed by atoms with Gasteiger partial charge in [0.15, 0.2) is 0 Å². The number of nitrogens with zero attached hydrogens (tertiary/aromatic N) is 4. The summed E-state index contributed by atoms with van der Waals surface area (Å²) in [5.74, 6) is 0.493. The highest BCUT2D eigenvalue weighted by Crippen LogP contribution is 2.22. The van der Waals surface area contributed by atoms with Gasteiger partial charge in [-0.05, 0) is 29.8 Å². The summed E-state index contributed by atoms with van der Waals surface area (Å²) in [5, 5.41) is 0.662. The Morgan fingerprint density at radius 2 is 1.75 bits per heavy atom. The molecule has 1 saturated heterocycles. The van der Waals surface area contributed by atoms with E-state index >= 15 is 0 Å². The molecule has 0 aliphatic carbocycles. The average Bonchev–Trinajstić information content (AvgIpc) is 3.20. The van der Waals surface area contributed by atoms with Crippen LogP contribution in [0.4, 0.5) is 10.3 Å². The Hall–Kier alpha value is -2.86. The van der Waals surface area contributed by atoms with Crippen molar-refractivity contribution in [1.29, 1.82) is 0 Å². The molecule has 0 bridgehead atoms. The minimum Gasteiger partial charge on any atom is -0.339 e. The number of rotatable bonds is 4. The van der Waals surface area contributed by atoms with Crippen molar-refractivity contribution < 1.29 is 9.18 Å². The van der Waals surface area contributed by atoms with Crippen LogP contribution in [0.3, 0.4) is 0 Å². The minimum absolute atomic E-state index is 0.0967. The second-order valence-corrected chi connectivity index (χ2v) is 7.16. The Kier molecular flexibility index (Phi) is 5.30. The summed E-state index contributed by atoms with van der Waals surface area (Å²) in [7, 11) is 0. The Balaban J connectivity index is 1.41. The third-order valence-corrected chi connectivity index (χ3v) is 5.17. The zero-order valence-electron chi connectivity index (χ0n) is 15.3. The lowest BCUT2D eigenvalue weighted by atomic mass is 10.1. The van der Waals surface area contributed by atoms with Gasteiger partial charge >= 0.3 is 0 Å². The van der Waals surface area contributed by atoms with Gasteiger partial charge in [-0.3, -0.25) is 9.36 Å². The molecule has 0 radical (unpaired) electrons. The SMILES string of the molecule is O=C(Cc1ccc(Cl)cc1)N1CCN(c2nccn2-c2ccccc2F)CC1. The smallest absolute Gasteiger partial charge is 0.227 e. The predicted molar refractivity (Wildman–Crippen MR) is 107 cm³/mol. The van der Waals surface area contributed by atoms with Crippen LogP contribution >= 0.6 is 11.6 Å². The van der Waals surface area contributed by atoms with E-state index in [1.165, 1.54) is 6.07 Å². The first-order valence-corrected chi connectivity index (χ1v) is 9.55. The predicted octanol–water partition coefficient (Wildman–Crippen LogP) is 3.56. The quantitative estimate of drug-likeness (QED) is 0.674. The van der Waals surface area contributed by atoms with Gasteiger partial charge in [-0.25, -0.2) is 9.37 Å². The maximum absolute atomic E-state index is 14.2. The van der Waals surface area contributed by atoms with Crippen LogP contribution < -0.4 is 4.90 Å². The molecule has 3 aromatic rings. The monoisotopic (exact) mass is 398 g/mol. The standard InChI is InChI=1S/C21H20ClFN4O/c22-17-7-5-16(6-8-17)15-20(28)25-11-13-26(14-12-25)21-24-9-10-27(21)19-4-2-1-3-18(19)23/h1-10H,11-15H2. The first kappa shape index (κ1) is 18.5. The number of piperazine rings is 1. The number of hydrogen-bond acceptors (Lipinski definition) is 3. The van der Waals surface area contributed by atoms with Crippen LogP contribution in [0.25, 0.3) is 5.69 Å². The zero-order valence-corrected chi connectivity index (χ0v) is 16.0. The summed E-state index contributed by atoms with van der Waals surface area (Å²) >= 11 is 5.90. The molecule has 1 aliphatic rings. The van der Waals surface area contributed by atoms with Gasteiger partial charge in [0.25, 0.3) is 0 Å². The third-order valence-electron chi connectivity index (χ3n) is 4.92. The number of imidazole rings is 1. The van der Waals surface area contributed by atoms with Crippen LogP contribution in [0, 0.1) is 5.82 Å². The van der Waals surface area contributed by atoms with Crippen molar-refractivity contribution in [3.05, 3.63) is 77.3 Å². The van der Waals surface area contributed by atoms with E-state index in [4.69, 9.17) is 11.6 Å². The number of halogens is 2. The molecule has 5 nitrogen and oxygen atoms in total. The molecule has 0 spiro atoms. The van der Waals surface area contributed by atoms with E-state index < -0.39 is 0 Å². The molecule has 1 fully saturated rings. The molecule has 0 atom stereocenters. The maximum Gasteiger partial charge on any atom is 0.227 e. The van der Waals surface area contributed by atoms with Crippen molar-refractivity contribution in [3.63, 3.8) is 0 Å². The number of carbonyl (C=O) groups excluding carboxylic acids is 1. The molecule has 2 aromatic carbocycles. The van der Waals surface area contributed by atoms with Gasteiger partial charge in [0.05, 0.1) is 12.1 Å². The van der Waals surface area contributed by atoms with Crippen molar-refractivity contribution >= 4 is 23.5 Å².